The lowest BCUT2D eigenvalue weighted by Crippen LogP contribution is -2.46. The molecule has 4 rings (SSSR count). The Morgan fingerprint density at radius 3 is 2.68 bits per heavy atom. The summed E-state index contributed by atoms with van der Waals surface area (Å²) in [6.07, 6.45) is 8.26. The van der Waals surface area contributed by atoms with Crippen molar-refractivity contribution in [2.24, 2.45) is 0 Å². The number of aromatic nitrogens is 4. The summed E-state index contributed by atoms with van der Waals surface area (Å²) in [5, 5.41) is 18.9. The number of benzene rings is 1. The molecular formula is C20H17N5O3. The van der Waals surface area contributed by atoms with E-state index in [1.54, 1.807) is 24.0 Å². The van der Waals surface area contributed by atoms with Gasteiger partial charge in [0.25, 0.3) is 5.91 Å². The monoisotopic (exact) mass is 375 g/mol. The average molecular weight is 375 g/mol. The van der Waals surface area contributed by atoms with Gasteiger partial charge in [0.15, 0.2) is 11.4 Å². The lowest BCUT2D eigenvalue weighted by Gasteiger charge is -2.37. The van der Waals surface area contributed by atoms with Gasteiger partial charge in [-0.25, -0.2) is 4.68 Å². The Bertz CT molecular complexity index is 1140. The van der Waals surface area contributed by atoms with Crippen molar-refractivity contribution in [3.8, 4) is 18.1 Å². The second-order valence-electron chi connectivity index (χ2n) is 6.58. The quantitative estimate of drug-likeness (QED) is 0.691. The fraction of sp³-hybridized carbons (Fsp3) is 0.200. The van der Waals surface area contributed by atoms with Crippen molar-refractivity contribution in [3.05, 3.63) is 76.0 Å². The van der Waals surface area contributed by atoms with Crippen LogP contribution in [0.25, 0.3) is 0 Å². The van der Waals surface area contributed by atoms with Crippen LogP contribution in [0, 0.1) is 12.3 Å². The van der Waals surface area contributed by atoms with Gasteiger partial charge in [0.2, 0.25) is 5.43 Å². The number of nitrogens with zero attached hydrogens (tertiary/aromatic N) is 5. The number of likely N-dealkylation sites (N-methyl/N-ethyl adjacent to an activating group) is 1. The molecule has 2 aromatic heterocycles. The van der Waals surface area contributed by atoms with Gasteiger partial charge in [0, 0.05) is 19.8 Å². The molecule has 2 atom stereocenters. The largest absolute Gasteiger partial charge is 0.502 e. The molecule has 1 aromatic carbocycles. The molecule has 0 fully saturated rings. The smallest absolute Gasteiger partial charge is 0.275 e. The van der Waals surface area contributed by atoms with Crippen LogP contribution in [0.15, 0.2) is 53.6 Å². The molecule has 1 aliphatic rings. The van der Waals surface area contributed by atoms with Crippen molar-refractivity contribution in [1.29, 1.82) is 0 Å². The molecule has 0 aliphatic carbocycles. The molecule has 8 heteroatoms. The predicted octanol–water partition coefficient (Wildman–Crippen LogP) is 1.04. The lowest BCUT2D eigenvalue weighted by atomic mass is 9.97. The van der Waals surface area contributed by atoms with Crippen LogP contribution in [-0.4, -0.2) is 49.1 Å². The zero-order valence-electron chi connectivity index (χ0n) is 15.1. The second-order valence-corrected chi connectivity index (χ2v) is 6.58. The molecule has 1 aliphatic heterocycles. The fourth-order valence-electron chi connectivity index (χ4n) is 3.54. The maximum atomic E-state index is 12.6. The number of amides is 1. The van der Waals surface area contributed by atoms with Gasteiger partial charge in [0.05, 0.1) is 12.2 Å². The van der Waals surface area contributed by atoms with E-state index in [1.807, 2.05) is 30.3 Å². The fourth-order valence-corrected chi connectivity index (χ4v) is 3.54. The SMILES string of the molecule is C#Cc1ccn([C@@H](c2ccccc2)[C@H]2CN(C)C(=O)c3c(O)c(=O)cnn32)n1. The third kappa shape index (κ3) is 2.74. The van der Waals surface area contributed by atoms with Gasteiger partial charge in [-0.05, 0) is 17.6 Å². The first kappa shape index (κ1) is 17.5. The van der Waals surface area contributed by atoms with Crippen LogP contribution in [0.4, 0.5) is 0 Å². The lowest BCUT2D eigenvalue weighted by molar-refractivity contribution is 0.0667. The molecule has 0 radical (unpaired) electrons. The zero-order chi connectivity index (χ0) is 19.8. The Balaban J connectivity index is 1.94. The van der Waals surface area contributed by atoms with Crippen LogP contribution in [0.5, 0.6) is 5.75 Å². The van der Waals surface area contributed by atoms with Gasteiger partial charge in [-0.3, -0.25) is 14.3 Å². The molecular weight excluding hydrogens is 358 g/mol. The van der Waals surface area contributed by atoms with E-state index in [2.05, 4.69) is 16.1 Å². The molecule has 0 spiro atoms. The first-order valence-corrected chi connectivity index (χ1v) is 8.64. The molecule has 0 unspecified atom stereocenters. The Morgan fingerprint density at radius 1 is 1.25 bits per heavy atom. The molecule has 28 heavy (non-hydrogen) atoms. The van der Waals surface area contributed by atoms with Gasteiger partial charge in [-0.2, -0.15) is 10.2 Å². The molecule has 1 amide bonds. The van der Waals surface area contributed by atoms with Crippen LogP contribution in [0.3, 0.4) is 0 Å². The summed E-state index contributed by atoms with van der Waals surface area (Å²) in [6.45, 7) is 0.311. The zero-order valence-corrected chi connectivity index (χ0v) is 15.1. The summed E-state index contributed by atoms with van der Waals surface area (Å²) in [7, 11) is 1.62. The van der Waals surface area contributed by atoms with Crippen molar-refractivity contribution in [1.82, 2.24) is 24.5 Å². The van der Waals surface area contributed by atoms with Gasteiger partial charge in [-0.15, -0.1) is 6.42 Å². The van der Waals surface area contributed by atoms with E-state index >= 15 is 0 Å². The number of carbonyl (C=O) groups excluding carboxylic acids is 1. The first-order valence-electron chi connectivity index (χ1n) is 8.64. The number of terminal acetylenes is 1. The summed E-state index contributed by atoms with van der Waals surface area (Å²) in [4.78, 5) is 25.9. The highest BCUT2D eigenvalue weighted by Crippen LogP contribution is 2.35. The Labute approximate surface area is 160 Å². The third-order valence-corrected chi connectivity index (χ3v) is 4.86. The predicted molar refractivity (Wildman–Crippen MR) is 101 cm³/mol. The van der Waals surface area contributed by atoms with Gasteiger partial charge in [0.1, 0.15) is 11.7 Å². The van der Waals surface area contributed by atoms with Crippen molar-refractivity contribution in [2.75, 3.05) is 13.6 Å². The molecule has 0 saturated heterocycles. The molecule has 3 aromatic rings. The standard InChI is InChI=1S/C20H17N5O3/c1-3-14-9-10-24(22-14)17(13-7-5-4-6-8-13)15-12-23(2)20(28)18-19(27)16(26)11-21-25(15)18/h1,4-11,15,17,27H,12H2,2H3/t15-,17+/m1/s1. The van der Waals surface area contributed by atoms with Crippen LogP contribution in [0.1, 0.15) is 33.8 Å². The Morgan fingerprint density at radius 2 is 2.00 bits per heavy atom. The third-order valence-electron chi connectivity index (χ3n) is 4.86. The van der Waals surface area contributed by atoms with Crippen LogP contribution in [-0.2, 0) is 0 Å². The van der Waals surface area contributed by atoms with Gasteiger partial charge in [-0.1, -0.05) is 30.3 Å². The van der Waals surface area contributed by atoms with E-state index in [0.29, 0.717) is 12.2 Å². The maximum absolute atomic E-state index is 12.6. The van der Waals surface area contributed by atoms with Crippen molar-refractivity contribution in [2.45, 2.75) is 12.1 Å². The number of aromatic hydroxyl groups is 1. The number of rotatable bonds is 3. The highest BCUT2D eigenvalue weighted by Gasteiger charge is 2.38. The minimum Gasteiger partial charge on any atom is -0.502 e. The van der Waals surface area contributed by atoms with E-state index in [1.165, 1.54) is 9.58 Å². The van der Waals surface area contributed by atoms with E-state index < -0.39 is 23.1 Å². The molecule has 8 nitrogen and oxygen atoms in total. The molecule has 3 heterocycles. The molecule has 140 valence electrons. The topological polar surface area (TPSA) is 93.3 Å². The second kappa shape index (κ2) is 6.70. The first-order chi connectivity index (χ1) is 13.5. The van der Waals surface area contributed by atoms with E-state index in [-0.39, 0.29) is 11.7 Å². The van der Waals surface area contributed by atoms with Crippen LogP contribution >= 0.6 is 0 Å². The van der Waals surface area contributed by atoms with Crippen LogP contribution in [0.2, 0.25) is 0 Å². The number of carbonyl (C=O) groups is 1. The number of fused-ring (bicyclic) bond motifs is 1. The summed E-state index contributed by atoms with van der Waals surface area (Å²) >= 11 is 0. The van der Waals surface area contributed by atoms with Crippen molar-refractivity contribution in [3.63, 3.8) is 0 Å². The normalized spacial score (nSPS) is 17.1. The summed E-state index contributed by atoms with van der Waals surface area (Å²) < 4.78 is 3.13. The summed E-state index contributed by atoms with van der Waals surface area (Å²) in [5.74, 6) is 1.44. The maximum Gasteiger partial charge on any atom is 0.275 e. The highest BCUT2D eigenvalue weighted by atomic mass is 16.3. The van der Waals surface area contributed by atoms with Gasteiger partial charge < -0.3 is 10.0 Å². The van der Waals surface area contributed by atoms with Gasteiger partial charge >= 0.3 is 0 Å². The minimum absolute atomic E-state index is 0.128. The van der Waals surface area contributed by atoms with Crippen LogP contribution < -0.4 is 5.43 Å². The molecule has 0 saturated carbocycles. The number of hydrogen-bond donors (Lipinski definition) is 1. The van der Waals surface area contributed by atoms with E-state index in [0.717, 1.165) is 11.8 Å². The average Bonchev–Trinajstić information content (AvgIpc) is 3.18. The van der Waals surface area contributed by atoms with Crippen molar-refractivity contribution < 1.29 is 9.90 Å². The molecule has 1 N–H and O–H groups in total. The van der Waals surface area contributed by atoms with E-state index in [9.17, 15) is 14.7 Å². The minimum atomic E-state index is -0.696. The van der Waals surface area contributed by atoms with E-state index in [4.69, 9.17) is 6.42 Å². The summed E-state index contributed by atoms with van der Waals surface area (Å²) in [6, 6.07) is 10.5. The Kier molecular flexibility index (Phi) is 4.20. The Hall–Kier alpha value is -3.86. The number of hydrogen-bond acceptors (Lipinski definition) is 5. The molecule has 0 bridgehead atoms. The van der Waals surface area contributed by atoms with Crippen molar-refractivity contribution >= 4 is 5.91 Å². The summed E-state index contributed by atoms with van der Waals surface area (Å²) in [5.41, 5.74) is 0.583. The highest BCUT2D eigenvalue weighted by molar-refractivity contribution is 5.95.